The zero-order valence-corrected chi connectivity index (χ0v) is 12.2. The van der Waals surface area contributed by atoms with Gasteiger partial charge in [-0.3, -0.25) is 20.9 Å². The van der Waals surface area contributed by atoms with E-state index in [0.29, 0.717) is 19.4 Å². The minimum absolute atomic E-state index is 0.154. The molecule has 112 valence electrons. The number of amides is 2. The normalized spacial score (nSPS) is 14.0. The Morgan fingerprint density at radius 2 is 1.79 bits per heavy atom. The molecule has 0 heterocycles. The molecule has 19 heavy (non-hydrogen) atoms. The van der Waals surface area contributed by atoms with Gasteiger partial charge in [0.05, 0.1) is 6.04 Å². The van der Waals surface area contributed by atoms with Gasteiger partial charge in [0.15, 0.2) is 0 Å². The number of hydrazine groups is 1. The minimum atomic E-state index is -0.527. The van der Waals surface area contributed by atoms with Crippen LogP contribution < -0.4 is 27.2 Å². The molecule has 0 aromatic heterocycles. The first-order valence-electron chi connectivity index (χ1n) is 6.60. The number of likely N-dealkylation sites (N-methyl/N-ethyl adjacent to an activating group) is 2. The maximum absolute atomic E-state index is 12.1. The van der Waals surface area contributed by atoms with Gasteiger partial charge in [-0.05, 0) is 25.8 Å². The molecule has 0 bridgehead atoms. The van der Waals surface area contributed by atoms with Crippen molar-refractivity contribution in [1.29, 1.82) is 0 Å². The predicted octanol–water partition coefficient (Wildman–Crippen LogP) is -1.30. The van der Waals surface area contributed by atoms with Crippen molar-refractivity contribution in [3.63, 3.8) is 0 Å². The van der Waals surface area contributed by atoms with E-state index in [9.17, 15) is 9.59 Å². The van der Waals surface area contributed by atoms with Gasteiger partial charge in [-0.25, -0.2) is 0 Å². The number of rotatable bonds is 9. The highest BCUT2D eigenvalue weighted by atomic mass is 16.2. The summed E-state index contributed by atoms with van der Waals surface area (Å²) < 4.78 is 0. The molecule has 7 nitrogen and oxygen atoms in total. The lowest BCUT2D eigenvalue weighted by molar-refractivity contribution is -0.130. The predicted molar refractivity (Wildman–Crippen MR) is 75.1 cm³/mol. The Kier molecular flexibility index (Phi) is 9.11. The van der Waals surface area contributed by atoms with Gasteiger partial charge in [0, 0.05) is 13.6 Å². The topological polar surface area (TPSA) is 108 Å². The van der Waals surface area contributed by atoms with Crippen molar-refractivity contribution in [3.05, 3.63) is 0 Å². The van der Waals surface area contributed by atoms with Crippen LogP contribution in [-0.4, -0.2) is 44.5 Å². The van der Waals surface area contributed by atoms with Crippen molar-refractivity contribution in [2.24, 2.45) is 11.8 Å². The van der Waals surface area contributed by atoms with Gasteiger partial charge >= 0.3 is 0 Å². The van der Waals surface area contributed by atoms with Crippen molar-refractivity contribution in [2.75, 3.05) is 20.6 Å². The molecule has 0 saturated carbocycles. The third-order valence-corrected chi connectivity index (χ3v) is 2.95. The first kappa shape index (κ1) is 17.8. The second-order valence-electron chi connectivity index (χ2n) is 4.78. The highest BCUT2D eigenvalue weighted by Crippen LogP contribution is 2.03. The molecule has 2 atom stereocenters. The second kappa shape index (κ2) is 9.71. The van der Waals surface area contributed by atoms with Crippen LogP contribution in [0.1, 0.15) is 26.7 Å². The van der Waals surface area contributed by atoms with Crippen molar-refractivity contribution in [2.45, 2.75) is 38.8 Å². The fourth-order valence-electron chi connectivity index (χ4n) is 1.88. The van der Waals surface area contributed by atoms with E-state index < -0.39 is 6.04 Å². The number of hydrogen-bond donors (Lipinski definition) is 5. The fraction of sp³-hybridized carbons (Fsp3) is 0.833. The van der Waals surface area contributed by atoms with Gasteiger partial charge in [0.2, 0.25) is 11.8 Å². The molecule has 0 aliphatic carbocycles. The van der Waals surface area contributed by atoms with Crippen LogP contribution >= 0.6 is 0 Å². The molecule has 0 aliphatic heterocycles. The van der Waals surface area contributed by atoms with Crippen molar-refractivity contribution in [3.8, 4) is 0 Å². The molecule has 0 aliphatic rings. The number of carbonyl (C=O) groups is 2. The highest BCUT2D eigenvalue weighted by molar-refractivity contribution is 5.89. The lowest BCUT2D eigenvalue weighted by Crippen LogP contribution is -2.53. The number of hydrogen-bond acceptors (Lipinski definition) is 5. The maximum atomic E-state index is 12.1. The average molecular weight is 273 g/mol. The van der Waals surface area contributed by atoms with Gasteiger partial charge in [-0.15, -0.1) is 0 Å². The summed E-state index contributed by atoms with van der Waals surface area (Å²) in [7, 11) is 3.29. The summed E-state index contributed by atoms with van der Waals surface area (Å²) in [6.07, 6.45) is 1.25. The Labute approximate surface area is 115 Å². The summed E-state index contributed by atoms with van der Waals surface area (Å²) in [4.78, 5) is 23.8. The van der Waals surface area contributed by atoms with E-state index in [1.54, 1.807) is 14.1 Å². The van der Waals surface area contributed by atoms with Crippen LogP contribution in [-0.2, 0) is 9.59 Å². The molecule has 0 radical (unpaired) electrons. The molecule has 0 saturated heterocycles. The molecule has 7 heteroatoms. The standard InChI is InChI=1S/C12H27N5O2/c1-8(2)10(14-3)12(19)17-9(11(18)15-4)6-5-7-16-13/h8-10,14,16H,5-7,13H2,1-4H3,(H,15,18)(H,17,19). The Bertz CT molecular complexity index is 283. The molecule has 0 aromatic rings. The molecule has 2 amide bonds. The summed E-state index contributed by atoms with van der Waals surface area (Å²) in [5, 5.41) is 8.29. The van der Waals surface area contributed by atoms with Crippen molar-refractivity contribution >= 4 is 11.8 Å². The highest BCUT2D eigenvalue weighted by Gasteiger charge is 2.25. The summed E-state index contributed by atoms with van der Waals surface area (Å²) in [6, 6.07) is -0.833. The Balaban J connectivity index is 4.53. The molecular formula is C12H27N5O2. The van der Waals surface area contributed by atoms with E-state index in [2.05, 4.69) is 21.4 Å². The van der Waals surface area contributed by atoms with Crippen LogP contribution in [0, 0.1) is 5.92 Å². The first-order valence-corrected chi connectivity index (χ1v) is 6.60. The van der Waals surface area contributed by atoms with Crippen LogP contribution in [0.5, 0.6) is 0 Å². The number of nitrogens with two attached hydrogens (primary N) is 1. The third kappa shape index (κ3) is 6.51. The Morgan fingerprint density at radius 3 is 2.21 bits per heavy atom. The molecule has 0 rings (SSSR count). The lowest BCUT2D eigenvalue weighted by Gasteiger charge is -2.23. The molecule has 6 N–H and O–H groups in total. The van der Waals surface area contributed by atoms with Crippen LogP contribution in [0.4, 0.5) is 0 Å². The summed E-state index contributed by atoms with van der Waals surface area (Å²) >= 11 is 0. The van der Waals surface area contributed by atoms with Crippen molar-refractivity contribution < 1.29 is 9.59 Å². The van der Waals surface area contributed by atoms with Gasteiger partial charge in [0.1, 0.15) is 6.04 Å². The monoisotopic (exact) mass is 273 g/mol. The van der Waals surface area contributed by atoms with Crippen LogP contribution in [0.25, 0.3) is 0 Å². The van der Waals surface area contributed by atoms with Crippen LogP contribution in [0.2, 0.25) is 0 Å². The zero-order chi connectivity index (χ0) is 14.8. The van der Waals surface area contributed by atoms with Gasteiger partial charge in [-0.2, -0.15) is 0 Å². The summed E-state index contributed by atoms with van der Waals surface area (Å²) in [5.41, 5.74) is 2.53. The van der Waals surface area contributed by atoms with E-state index >= 15 is 0 Å². The lowest BCUT2D eigenvalue weighted by atomic mass is 10.0. The quantitative estimate of drug-likeness (QED) is 0.204. The minimum Gasteiger partial charge on any atom is -0.357 e. The van der Waals surface area contributed by atoms with E-state index in [4.69, 9.17) is 5.84 Å². The van der Waals surface area contributed by atoms with Gasteiger partial charge < -0.3 is 16.0 Å². The van der Waals surface area contributed by atoms with Crippen LogP contribution in [0.15, 0.2) is 0 Å². The van der Waals surface area contributed by atoms with Gasteiger partial charge in [-0.1, -0.05) is 13.8 Å². The molecule has 2 unspecified atom stereocenters. The van der Waals surface area contributed by atoms with Crippen LogP contribution in [0.3, 0.4) is 0 Å². The van der Waals surface area contributed by atoms with E-state index in [0.717, 1.165) is 0 Å². The van der Waals surface area contributed by atoms with E-state index in [1.807, 2.05) is 13.8 Å². The maximum Gasteiger partial charge on any atom is 0.242 e. The summed E-state index contributed by atoms with van der Waals surface area (Å²) in [5.74, 6) is 4.99. The number of nitrogens with one attached hydrogen (secondary N) is 4. The van der Waals surface area contributed by atoms with E-state index in [1.165, 1.54) is 0 Å². The first-order chi connectivity index (χ1) is 8.97. The Morgan fingerprint density at radius 1 is 1.16 bits per heavy atom. The zero-order valence-electron chi connectivity index (χ0n) is 12.2. The smallest absolute Gasteiger partial charge is 0.242 e. The number of carbonyl (C=O) groups excluding carboxylic acids is 2. The second-order valence-corrected chi connectivity index (χ2v) is 4.78. The van der Waals surface area contributed by atoms with Crippen molar-refractivity contribution in [1.82, 2.24) is 21.4 Å². The molecule has 0 fully saturated rings. The van der Waals surface area contributed by atoms with E-state index in [-0.39, 0.29) is 23.8 Å². The Hall–Kier alpha value is -1.18. The average Bonchev–Trinajstić information content (AvgIpc) is 2.37. The van der Waals surface area contributed by atoms with Gasteiger partial charge in [0.25, 0.3) is 0 Å². The third-order valence-electron chi connectivity index (χ3n) is 2.95. The fourth-order valence-corrected chi connectivity index (χ4v) is 1.88. The molecule has 0 spiro atoms. The molecular weight excluding hydrogens is 246 g/mol. The molecule has 0 aromatic carbocycles. The largest absolute Gasteiger partial charge is 0.357 e. The summed E-state index contributed by atoms with van der Waals surface area (Å²) in [6.45, 7) is 4.50. The SMILES string of the molecule is CNC(=O)C(CCCNN)NC(=O)C(NC)C(C)C.